The molecule has 1 aliphatic heterocycles. The van der Waals surface area contributed by atoms with Crippen molar-refractivity contribution in [2.75, 3.05) is 26.2 Å². The van der Waals surface area contributed by atoms with Crippen molar-refractivity contribution in [1.29, 1.82) is 0 Å². The fraction of sp³-hybridized carbons (Fsp3) is 0.250. The molecule has 4 aromatic rings. The van der Waals surface area contributed by atoms with E-state index >= 15 is 0 Å². The van der Waals surface area contributed by atoms with Crippen molar-refractivity contribution in [2.45, 2.75) is 13.5 Å². The van der Waals surface area contributed by atoms with Crippen molar-refractivity contribution in [3.8, 4) is 22.7 Å². The van der Waals surface area contributed by atoms with Gasteiger partial charge in [-0.25, -0.2) is 0 Å². The van der Waals surface area contributed by atoms with E-state index in [4.69, 9.17) is 20.5 Å². The molecule has 0 N–H and O–H groups in total. The van der Waals surface area contributed by atoms with Crippen LogP contribution in [0.1, 0.15) is 22.0 Å². The number of aromatic nitrogens is 3. The fourth-order valence-corrected chi connectivity index (χ4v) is 4.16. The third kappa shape index (κ3) is 4.40. The fourth-order valence-electron chi connectivity index (χ4n) is 3.94. The van der Waals surface area contributed by atoms with Crippen LogP contribution in [0.25, 0.3) is 22.7 Å². The van der Waals surface area contributed by atoms with Gasteiger partial charge in [-0.1, -0.05) is 59.2 Å². The van der Waals surface area contributed by atoms with Crippen molar-refractivity contribution >= 4 is 17.5 Å². The Labute approximate surface area is 195 Å². The summed E-state index contributed by atoms with van der Waals surface area (Å²) in [5.74, 6) is 1.47. The van der Waals surface area contributed by atoms with Crippen LogP contribution in [-0.4, -0.2) is 57.2 Å². The average Bonchev–Trinajstić information content (AvgIpc) is 3.46. The number of hydrogen-bond acceptors (Lipinski definition) is 7. The highest BCUT2D eigenvalue weighted by Crippen LogP contribution is 2.33. The molecule has 5 rings (SSSR count). The van der Waals surface area contributed by atoms with Crippen LogP contribution in [0.2, 0.25) is 5.02 Å². The van der Waals surface area contributed by atoms with Crippen LogP contribution in [0.4, 0.5) is 0 Å². The summed E-state index contributed by atoms with van der Waals surface area (Å²) in [7, 11) is 0. The molecule has 0 atom stereocenters. The van der Waals surface area contributed by atoms with E-state index in [0.717, 1.165) is 5.56 Å². The van der Waals surface area contributed by atoms with E-state index in [1.807, 2.05) is 54.3 Å². The van der Waals surface area contributed by atoms with Crippen molar-refractivity contribution in [3.63, 3.8) is 0 Å². The van der Waals surface area contributed by atoms with Gasteiger partial charge in [-0.3, -0.25) is 9.69 Å². The molecular weight excluding hydrogens is 442 g/mol. The zero-order valence-electron chi connectivity index (χ0n) is 18.1. The number of aryl methyl sites for hydroxylation is 1. The first-order chi connectivity index (χ1) is 16.1. The Morgan fingerprint density at radius 1 is 1.00 bits per heavy atom. The Morgan fingerprint density at radius 3 is 2.48 bits per heavy atom. The highest BCUT2D eigenvalue weighted by atomic mass is 35.5. The van der Waals surface area contributed by atoms with Crippen molar-refractivity contribution in [3.05, 3.63) is 76.8 Å². The SMILES string of the molecule is Cc1onc(-c2ccccc2)c1-c1nnc(CN2CCN(C(=O)c3ccccc3Cl)CC2)o1. The molecule has 0 unspecified atom stereocenters. The van der Waals surface area contributed by atoms with Crippen LogP contribution in [0, 0.1) is 6.92 Å². The van der Waals surface area contributed by atoms with Crippen LogP contribution in [-0.2, 0) is 6.54 Å². The lowest BCUT2D eigenvalue weighted by Crippen LogP contribution is -2.48. The lowest BCUT2D eigenvalue weighted by Gasteiger charge is -2.34. The number of benzene rings is 2. The minimum absolute atomic E-state index is 0.0447. The standard InChI is InChI=1S/C24H22ClN5O3/c1-16-21(22(28-33-16)17-7-3-2-4-8-17)23-27-26-20(32-23)15-29-11-13-30(14-12-29)24(31)18-9-5-6-10-19(18)25/h2-10H,11-15H2,1H3. The maximum absolute atomic E-state index is 12.8. The molecule has 2 aromatic carbocycles. The smallest absolute Gasteiger partial charge is 0.255 e. The summed E-state index contributed by atoms with van der Waals surface area (Å²) in [4.78, 5) is 16.8. The normalized spacial score (nSPS) is 14.5. The maximum atomic E-state index is 12.8. The Kier molecular flexibility index (Phi) is 5.93. The molecule has 8 nitrogen and oxygen atoms in total. The lowest BCUT2D eigenvalue weighted by molar-refractivity contribution is 0.0618. The van der Waals surface area contributed by atoms with Gasteiger partial charge in [0, 0.05) is 31.7 Å². The molecular formula is C24H22ClN5O3. The first-order valence-corrected chi connectivity index (χ1v) is 11.1. The van der Waals surface area contributed by atoms with E-state index < -0.39 is 0 Å². The number of halogens is 1. The number of amides is 1. The molecule has 0 radical (unpaired) electrons. The summed E-state index contributed by atoms with van der Waals surface area (Å²) >= 11 is 6.18. The van der Waals surface area contributed by atoms with E-state index in [1.165, 1.54) is 0 Å². The van der Waals surface area contributed by atoms with Gasteiger partial charge < -0.3 is 13.8 Å². The average molecular weight is 464 g/mol. The highest BCUT2D eigenvalue weighted by Gasteiger charge is 2.26. The van der Waals surface area contributed by atoms with Gasteiger partial charge in [0.15, 0.2) is 0 Å². The van der Waals surface area contributed by atoms with Gasteiger partial charge in [0.05, 0.1) is 17.1 Å². The van der Waals surface area contributed by atoms with Crippen LogP contribution in [0.15, 0.2) is 63.5 Å². The Balaban J connectivity index is 1.25. The molecule has 1 saturated heterocycles. The van der Waals surface area contributed by atoms with Crippen LogP contribution >= 0.6 is 11.6 Å². The molecule has 1 aliphatic rings. The summed E-state index contributed by atoms with van der Waals surface area (Å²) in [5, 5.41) is 13.1. The molecule has 1 amide bonds. The van der Waals surface area contributed by atoms with Gasteiger partial charge in [-0.05, 0) is 19.1 Å². The maximum Gasteiger partial charge on any atom is 0.255 e. The molecule has 0 saturated carbocycles. The summed E-state index contributed by atoms with van der Waals surface area (Å²) in [6.07, 6.45) is 0. The minimum Gasteiger partial charge on any atom is -0.419 e. The van der Waals surface area contributed by atoms with Crippen LogP contribution < -0.4 is 0 Å². The molecule has 1 fully saturated rings. The van der Waals surface area contributed by atoms with Crippen LogP contribution in [0.5, 0.6) is 0 Å². The Hall–Kier alpha value is -3.49. The van der Waals surface area contributed by atoms with Gasteiger partial charge in [0.25, 0.3) is 11.8 Å². The highest BCUT2D eigenvalue weighted by molar-refractivity contribution is 6.33. The second kappa shape index (κ2) is 9.17. The number of carbonyl (C=O) groups is 1. The van der Waals surface area contributed by atoms with E-state index in [-0.39, 0.29) is 5.91 Å². The number of nitrogens with zero attached hydrogens (tertiary/aromatic N) is 5. The predicted molar refractivity (Wildman–Crippen MR) is 123 cm³/mol. The quantitative estimate of drug-likeness (QED) is 0.435. The van der Waals surface area contributed by atoms with Gasteiger partial charge >= 0.3 is 0 Å². The number of piperazine rings is 1. The topological polar surface area (TPSA) is 88.5 Å². The molecule has 168 valence electrons. The molecule has 0 aliphatic carbocycles. The first kappa shape index (κ1) is 21.4. The predicted octanol–water partition coefficient (Wildman–Crippen LogP) is 4.31. The first-order valence-electron chi connectivity index (χ1n) is 10.7. The van der Waals surface area contributed by atoms with Gasteiger partial charge in [-0.2, -0.15) is 0 Å². The summed E-state index contributed by atoms with van der Waals surface area (Å²) < 4.78 is 11.4. The third-order valence-electron chi connectivity index (χ3n) is 5.71. The second-order valence-electron chi connectivity index (χ2n) is 7.88. The van der Waals surface area contributed by atoms with E-state index in [2.05, 4.69) is 20.3 Å². The molecule has 33 heavy (non-hydrogen) atoms. The monoisotopic (exact) mass is 463 g/mol. The van der Waals surface area contributed by atoms with E-state index in [0.29, 0.717) is 72.1 Å². The Bertz CT molecular complexity index is 1260. The minimum atomic E-state index is -0.0447. The summed E-state index contributed by atoms with van der Waals surface area (Å²) in [5.41, 5.74) is 2.83. The van der Waals surface area contributed by atoms with Crippen molar-refractivity contribution < 1.29 is 13.7 Å². The lowest BCUT2D eigenvalue weighted by atomic mass is 10.1. The second-order valence-corrected chi connectivity index (χ2v) is 8.28. The van der Waals surface area contributed by atoms with E-state index in [9.17, 15) is 4.79 Å². The van der Waals surface area contributed by atoms with Gasteiger partial charge in [0.2, 0.25) is 5.89 Å². The van der Waals surface area contributed by atoms with Crippen LogP contribution in [0.3, 0.4) is 0 Å². The number of carbonyl (C=O) groups excluding carboxylic acids is 1. The third-order valence-corrected chi connectivity index (χ3v) is 6.04. The number of hydrogen-bond donors (Lipinski definition) is 0. The van der Waals surface area contributed by atoms with Gasteiger partial charge in [-0.15, -0.1) is 10.2 Å². The van der Waals surface area contributed by atoms with Crippen molar-refractivity contribution in [1.82, 2.24) is 25.2 Å². The van der Waals surface area contributed by atoms with E-state index in [1.54, 1.807) is 12.1 Å². The zero-order chi connectivity index (χ0) is 22.8. The molecule has 3 heterocycles. The van der Waals surface area contributed by atoms with Gasteiger partial charge in [0.1, 0.15) is 17.0 Å². The van der Waals surface area contributed by atoms with Crippen molar-refractivity contribution in [2.24, 2.45) is 0 Å². The molecule has 9 heteroatoms. The largest absolute Gasteiger partial charge is 0.419 e. The summed E-state index contributed by atoms with van der Waals surface area (Å²) in [6.45, 7) is 4.95. The molecule has 2 aromatic heterocycles. The summed E-state index contributed by atoms with van der Waals surface area (Å²) in [6, 6.07) is 16.9. The molecule has 0 spiro atoms. The Morgan fingerprint density at radius 2 is 1.73 bits per heavy atom. The number of rotatable bonds is 5. The zero-order valence-corrected chi connectivity index (χ0v) is 18.8. The molecule has 0 bridgehead atoms.